The molecule has 1 aliphatic carbocycles. The molecule has 0 bridgehead atoms. The van der Waals surface area contributed by atoms with Gasteiger partial charge in [-0.2, -0.15) is 0 Å². The predicted molar refractivity (Wildman–Crippen MR) is 95.6 cm³/mol. The van der Waals surface area contributed by atoms with Gasteiger partial charge in [-0.25, -0.2) is 4.39 Å². The third-order valence-corrected chi connectivity index (χ3v) is 5.55. The highest BCUT2D eigenvalue weighted by Gasteiger charge is 2.22. The van der Waals surface area contributed by atoms with Crippen LogP contribution in [0.5, 0.6) is 0 Å². The largest absolute Gasteiger partial charge is 0.366 e. The van der Waals surface area contributed by atoms with Crippen molar-refractivity contribution >= 4 is 11.6 Å². The third kappa shape index (κ3) is 4.49. The van der Waals surface area contributed by atoms with E-state index in [-0.39, 0.29) is 11.7 Å². The van der Waals surface area contributed by atoms with Crippen molar-refractivity contribution in [3.05, 3.63) is 30.1 Å². The monoisotopic (exact) mass is 332 g/mol. The van der Waals surface area contributed by atoms with Crippen LogP contribution in [0.25, 0.3) is 0 Å². The number of amides is 1. The number of anilines is 1. The molecule has 2 fully saturated rings. The Hall–Kier alpha value is -1.58. The number of hydrogen-bond donors (Lipinski definition) is 0. The first-order valence-electron chi connectivity index (χ1n) is 9.51. The first kappa shape index (κ1) is 17.2. The number of carbonyl (C=O) groups excluding carboxylic acids is 1. The summed E-state index contributed by atoms with van der Waals surface area (Å²) in [7, 11) is 0. The molecule has 3 nitrogen and oxygen atoms in total. The normalized spacial score (nSPS) is 19.5. The minimum Gasteiger partial charge on any atom is -0.366 e. The van der Waals surface area contributed by atoms with Crippen LogP contribution in [0.2, 0.25) is 0 Å². The van der Waals surface area contributed by atoms with Crippen LogP contribution >= 0.6 is 0 Å². The van der Waals surface area contributed by atoms with Crippen LogP contribution in [0, 0.1) is 11.7 Å². The molecule has 132 valence electrons. The quantitative estimate of drug-likeness (QED) is 0.806. The Kier molecular flexibility index (Phi) is 6.11. The second kappa shape index (κ2) is 8.50. The second-order valence-corrected chi connectivity index (χ2v) is 7.22. The van der Waals surface area contributed by atoms with E-state index in [0.717, 1.165) is 25.4 Å². The minimum atomic E-state index is -0.176. The number of carbonyl (C=O) groups is 1. The first-order chi connectivity index (χ1) is 11.7. The Labute approximate surface area is 144 Å². The zero-order valence-corrected chi connectivity index (χ0v) is 14.6. The van der Waals surface area contributed by atoms with Crippen molar-refractivity contribution in [3.8, 4) is 0 Å². The molecular weight excluding hydrogens is 303 g/mol. The van der Waals surface area contributed by atoms with Crippen LogP contribution in [0.3, 0.4) is 0 Å². The fourth-order valence-electron chi connectivity index (χ4n) is 4.08. The molecule has 0 unspecified atom stereocenters. The lowest BCUT2D eigenvalue weighted by atomic mass is 9.86. The van der Waals surface area contributed by atoms with Crippen LogP contribution in [-0.4, -0.2) is 37.0 Å². The van der Waals surface area contributed by atoms with Gasteiger partial charge in [-0.3, -0.25) is 4.79 Å². The number of hydrogen-bond acceptors (Lipinski definition) is 2. The smallest absolute Gasteiger partial charge is 0.222 e. The average molecular weight is 332 g/mol. The summed E-state index contributed by atoms with van der Waals surface area (Å²) in [5.41, 5.74) is 0.655. The first-order valence-corrected chi connectivity index (χ1v) is 9.51. The van der Waals surface area contributed by atoms with E-state index < -0.39 is 0 Å². The number of piperazine rings is 1. The second-order valence-electron chi connectivity index (χ2n) is 7.22. The SMILES string of the molecule is O=C(CCCC1CCCCC1)N1CCN(c2ccccc2F)CC1. The number of benzene rings is 1. The highest BCUT2D eigenvalue weighted by Crippen LogP contribution is 2.28. The van der Waals surface area contributed by atoms with E-state index in [4.69, 9.17) is 0 Å². The van der Waals surface area contributed by atoms with E-state index in [1.807, 2.05) is 21.9 Å². The molecule has 1 saturated heterocycles. The molecule has 1 amide bonds. The summed E-state index contributed by atoms with van der Waals surface area (Å²) in [6.07, 6.45) is 9.76. The molecule has 1 heterocycles. The topological polar surface area (TPSA) is 23.6 Å². The Morgan fingerprint density at radius 2 is 1.75 bits per heavy atom. The molecule has 1 aromatic carbocycles. The third-order valence-electron chi connectivity index (χ3n) is 5.55. The Morgan fingerprint density at radius 1 is 1.04 bits per heavy atom. The van der Waals surface area contributed by atoms with Crippen LogP contribution in [0.4, 0.5) is 10.1 Å². The van der Waals surface area contributed by atoms with Crippen molar-refractivity contribution in [2.75, 3.05) is 31.1 Å². The van der Waals surface area contributed by atoms with Crippen molar-refractivity contribution in [1.82, 2.24) is 4.90 Å². The molecule has 2 aliphatic rings. The Balaban J connectivity index is 1.39. The minimum absolute atomic E-state index is 0.176. The van der Waals surface area contributed by atoms with Gasteiger partial charge in [-0.15, -0.1) is 0 Å². The summed E-state index contributed by atoms with van der Waals surface area (Å²) in [6.45, 7) is 2.85. The number of nitrogens with zero attached hydrogens (tertiary/aromatic N) is 2. The molecule has 3 rings (SSSR count). The van der Waals surface area contributed by atoms with Crippen molar-refractivity contribution in [2.24, 2.45) is 5.92 Å². The fourth-order valence-corrected chi connectivity index (χ4v) is 4.08. The fraction of sp³-hybridized carbons (Fsp3) is 0.650. The van der Waals surface area contributed by atoms with Gasteiger partial charge in [0.25, 0.3) is 0 Å². The van der Waals surface area contributed by atoms with E-state index in [1.54, 1.807) is 6.07 Å². The molecule has 1 aliphatic heterocycles. The van der Waals surface area contributed by atoms with E-state index >= 15 is 0 Å². The summed E-state index contributed by atoms with van der Waals surface area (Å²) >= 11 is 0. The lowest BCUT2D eigenvalue weighted by Gasteiger charge is -2.36. The van der Waals surface area contributed by atoms with Gasteiger partial charge in [0, 0.05) is 32.6 Å². The molecule has 4 heteroatoms. The van der Waals surface area contributed by atoms with Gasteiger partial charge in [-0.1, -0.05) is 44.2 Å². The van der Waals surface area contributed by atoms with Crippen LogP contribution in [0.15, 0.2) is 24.3 Å². The highest BCUT2D eigenvalue weighted by molar-refractivity contribution is 5.76. The number of rotatable bonds is 5. The average Bonchev–Trinajstić information content (AvgIpc) is 2.63. The molecule has 0 atom stereocenters. The lowest BCUT2D eigenvalue weighted by Crippen LogP contribution is -2.49. The van der Waals surface area contributed by atoms with E-state index in [9.17, 15) is 9.18 Å². The zero-order valence-electron chi connectivity index (χ0n) is 14.6. The Bertz CT molecular complexity index is 534. The zero-order chi connectivity index (χ0) is 16.8. The van der Waals surface area contributed by atoms with Gasteiger partial charge in [0.05, 0.1) is 5.69 Å². The maximum absolute atomic E-state index is 13.9. The molecule has 0 N–H and O–H groups in total. The molecule has 1 aromatic rings. The Morgan fingerprint density at radius 3 is 2.46 bits per heavy atom. The molecule has 1 saturated carbocycles. The van der Waals surface area contributed by atoms with Crippen LogP contribution < -0.4 is 4.90 Å². The number of halogens is 1. The van der Waals surface area contributed by atoms with Crippen LogP contribution in [0.1, 0.15) is 51.4 Å². The lowest BCUT2D eigenvalue weighted by molar-refractivity contribution is -0.131. The summed E-state index contributed by atoms with van der Waals surface area (Å²) in [5.74, 6) is 0.952. The van der Waals surface area contributed by atoms with Gasteiger partial charge < -0.3 is 9.80 Å². The van der Waals surface area contributed by atoms with Gasteiger partial charge in [-0.05, 0) is 30.9 Å². The molecule has 24 heavy (non-hydrogen) atoms. The molecular formula is C20H29FN2O. The van der Waals surface area contributed by atoms with Crippen LogP contribution in [-0.2, 0) is 4.79 Å². The summed E-state index contributed by atoms with van der Waals surface area (Å²) < 4.78 is 13.9. The standard InChI is InChI=1S/C20H29FN2O/c21-18-10-4-5-11-19(18)22-13-15-23(16-14-22)20(24)12-6-9-17-7-2-1-3-8-17/h4-5,10-11,17H,1-3,6-9,12-16H2. The van der Waals surface area contributed by atoms with E-state index in [2.05, 4.69) is 0 Å². The summed E-state index contributed by atoms with van der Waals surface area (Å²) in [5, 5.41) is 0. The maximum atomic E-state index is 13.9. The maximum Gasteiger partial charge on any atom is 0.222 e. The van der Waals surface area contributed by atoms with Crippen molar-refractivity contribution in [2.45, 2.75) is 51.4 Å². The van der Waals surface area contributed by atoms with Crippen molar-refractivity contribution in [1.29, 1.82) is 0 Å². The molecule has 0 spiro atoms. The van der Waals surface area contributed by atoms with Gasteiger partial charge in [0.2, 0.25) is 5.91 Å². The van der Waals surface area contributed by atoms with Crippen molar-refractivity contribution < 1.29 is 9.18 Å². The van der Waals surface area contributed by atoms with Gasteiger partial charge in [0.15, 0.2) is 0 Å². The summed E-state index contributed by atoms with van der Waals surface area (Å²) in [4.78, 5) is 16.4. The summed E-state index contributed by atoms with van der Waals surface area (Å²) in [6, 6.07) is 6.89. The van der Waals surface area contributed by atoms with Gasteiger partial charge in [0.1, 0.15) is 5.82 Å². The predicted octanol–water partition coefficient (Wildman–Crippen LogP) is 4.22. The van der Waals surface area contributed by atoms with E-state index in [1.165, 1.54) is 44.6 Å². The highest BCUT2D eigenvalue weighted by atomic mass is 19.1. The van der Waals surface area contributed by atoms with Crippen molar-refractivity contribution in [3.63, 3.8) is 0 Å². The number of para-hydroxylation sites is 1. The molecule has 0 aromatic heterocycles. The molecule has 0 radical (unpaired) electrons. The van der Waals surface area contributed by atoms with Gasteiger partial charge >= 0.3 is 0 Å². The van der Waals surface area contributed by atoms with E-state index in [0.29, 0.717) is 25.2 Å².